The van der Waals surface area contributed by atoms with Crippen LogP contribution < -0.4 is 0 Å². The summed E-state index contributed by atoms with van der Waals surface area (Å²) in [4.78, 5) is 12.6. The van der Waals surface area contributed by atoms with E-state index in [1.54, 1.807) is 0 Å². The first-order valence-corrected chi connectivity index (χ1v) is 11.4. The van der Waals surface area contributed by atoms with Gasteiger partial charge in [-0.3, -0.25) is 0 Å². The first kappa shape index (κ1) is 18.9. The predicted molar refractivity (Wildman–Crippen MR) is 109 cm³/mol. The molecule has 3 saturated carbocycles. The molecule has 1 heterocycles. The summed E-state index contributed by atoms with van der Waals surface area (Å²) >= 11 is 0. The van der Waals surface area contributed by atoms with Gasteiger partial charge < -0.3 is 9.84 Å². The molecular weight excluding hydrogens is 348 g/mol. The molecule has 3 nitrogen and oxygen atoms in total. The topological polar surface area (TPSA) is 46.5 Å². The molecule has 0 aromatic rings. The fourth-order valence-electron chi connectivity index (χ4n) is 8.45. The van der Waals surface area contributed by atoms with Crippen LogP contribution in [-0.4, -0.2) is 16.9 Å². The molecule has 5 rings (SSSR count). The van der Waals surface area contributed by atoms with Gasteiger partial charge in [0.15, 0.2) is 0 Å². The van der Waals surface area contributed by atoms with E-state index >= 15 is 0 Å². The number of ether oxygens (including phenoxy) is 1. The van der Waals surface area contributed by atoms with E-state index in [2.05, 4.69) is 40.3 Å². The second-order valence-electron chi connectivity index (χ2n) is 11.6. The van der Waals surface area contributed by atoms with Crippen LogP contribution in [0, 0.1) is 46.3 Å². The number of carbonyl (C=O) groups is 1. The minimum atomic E-state index is -1.26. The lowest BCUT2D eigenvalue weighted by Gasteiger charge is -2.55. The van der Waals surface area contributed by atoms with Gasteiger partial charge in [-0.1, -0.05) is 39.0 Å². The molecule has 3 heteroatoms. The van der Waals surface area contributed by atoms with Crippen LogP contribution in [0.3, 0.4) is 0 Å². The second-order valence-corrected chi connectivity index (χ2v) is 11.6. The number of fused-ring (bicyclic) bond motifs is 3. The third kappa shape index (κ3) is 2.35. The van der Waals surface area contributed by atoms with Gasteiger partial charge in [-0.15, -0.1) is 0 Å². The second kappa shape index (κ2) is 5.74. The molecule has 154 valence electrons. The maximum atomic E-state index is 12.6. The molecule has 0 radical (unpaired) electrons. The monoisotopic (exact) mass is 384 g/mol. The molecule has 1 aliphatic heterocycles. The van der Waals surface area contributed by atoms with E-state index in [1.165, 1.54) is 31.3 Å². The van der Waals surface area contributed by atoms with Gasteiger partial charge in [-0.25, -0.2) is 4.79 Å². The Morgan fingerprint density at radius 3 is 2.64 bits per heavy atom. The number of hydrogen-bond donors (Lipinski definition) is 1. The van der Waals surface area contributed by atoms with Crippen molar-refractivity contribution in [3.05, 3.63) is 23.8 Å². The van der Waals surface area contributed by atoms with E-state index in [9.17, 15) is 9.90 Å². The Morgan fingerprint density at radius 1 is 1.21 bits per heavy atom. The Balaban J connectivity index is 1.60. The van der Waals surface area contributed by atoms with E-state index < -0.39 is 5.79 Å². The Labute approximate surface area is 169 Å². The third-order valence-corrected chi connectivity index (χ3v) is 9.89. The maximum absolute atomic E-state index is 12.6. The number of esters is 1. The molecule has 0 bridgehead atoms. The van der Waals surface area contributed by atoms with Crippen molar-refractivity contribution in [1.82, 2.24) is 0 Å². The lowest BCUT2D eigenvalue weighted by Crippen LogP contribution is -2.48. The predicted octanol–water partition coefficient (Wildman–Crippen LogP) is 5.25. The largest absolute Gasteiger partial charge is 0.429 e. The summed E-state index contributed by atoms with van der Waals surface area (Å²) in [5.41, 5.74) is 2.79. The van der Waals surface area contributed by atoms with Crippen molar-refractivity contribution in [2.45, 2.75) is 78.4 Å². The lowest BCUT2D eigenvalue weighted by molar-refractivity contribution is -0.197. The van der Waals surface area contributed by atoms with Crippen molar-refractivity contribution in [3.63, 3.8) is 0 Å². The van der Waals surface area contributed by atoms with E-state index in [4.69, 9.17) is 4.74 Å². The van der Waals surface area contributed by atoms with Crippen molar-refractivity contribution in [1.29, 1.82) is 0 Å². The fourth-order valence-corrected chi connectivity index (χ4v) is 8.45. The van der Waals surface area contributed by atoms with Gasteiger partial charge in [0.25, 0.3) is 0 Å². The highest BCUT2D eigenvalue weighted by Crippen LogP contribution is 2.67. The summed E-state index contributed by atoms with van der Waals surface area (Å²) < 4.78 is 5.55. The van der Waals surface area contributed by atoms with Crippen molar-refractivity contribution in [3.8, 4) is 0 Å². The van der Waals surface area contributed by atoms with Crippen LogP contribution in [0.5, 0.6) is 0 Å². The van der Waals surface area contributed by atoms with Gasteiger partial charge >= 0.3 is 5.97 Å². The van der Waals surface area contributed by atoms with Gasteiger partial charge in [-0.05, 0) is 85.9 Å². The normalized spacial score (nSPS) is 56.6. The summed E-state index contributed by atoms with van der Waals surface area (Å²) in [6, 6.07) is 0. The summed E-state index contributed by atoms with van der Waals surface area (Å²) in [7, 11) is 0. The van der Waals surface area contributed by atoms with Gasteiger partial charge in [0.2, 0.25) is 5.79 Å². The average molecular weight is 385 g/mol. The highest BCUT2D eigenvalue weighted by Gasteiger charge is 2.65. The average Bonchev–Trinajstić information content (AvgIpc) is 3.13. The van der Waals surface area contributed by atoms with Crippen LogP contribution in [0.25, 0.3) is 0 Å². The molecule has 4 aliphatic carbocycles. The molecule has 0 amide bonds. The van der Waals surface area contributed by atoms with Crippen LogP contribution in [-0.2, 0) is 9.53 Å². The summed E-state index contributed by atoms with van der Waals surface area (Å²) in [5.74, 6) is 0.920. The smallest absolute Gasteiger partial charge is 0.336 e. The van der Waals surface area contributed by atoms with Crippen molar-refractivity contribution in [2.24, 2.45) is 46.3 Å². The molecule has 1 saturated heterocycles. The Hall–Kier alpha value is -1.09. The zero-order chi connectivity index (χ0) is 20.1. The standard InChI is InChI=1S/C25H36O3/c1-14(2)16-8-9-23(4)10-11-24(5)13-18-15(3)12-25(27)20(18)17(22(26)28-25)6-7-19(24)21(16)23/h6,15-16,18-21,27H,1,7-13H2,2-5H3/b17-6+. The number of hydrogen-bond acceptors (Lipinski definition) is 3. The summed E-state index contributed by atoms with van der Waals surface area (Å²) in [5, 5.41) is 11.1. The minimum Gasteiger partial charge on any atom is -0.429 e. The Bertz CT molecular complexity index is 768. The van der Waals surface area contributed by atoms with E-state index in [0.717, 1.165) is 18.4 Å². The minimum absolute atomic E-state index is 0.124. The first-order valence-electron chi connectivity index (χ1n) is 11.4. The Kier molecular flexibility index (Phi) is 3.88. The summed E-state index contributed by atoms with van der Waals surface area (Å²) in [6.07, 6.45) is 9.95. The molecule has 5 aliphatic rings. The molecule has 0 aromatic carbocycles. The molecular formula is C25H36O3. The molecule has 4 fully saturated rings. The van der Waals surface area contributed by atoms with Crippen LogP contribution >= 0.6 is 0 Å². The molecule has 0 spiro atoms. The first-order chi connectivity index (χ1) is 13.1. The number of aliphatic hydroxyl groups is 1. The molecule has 1 N–H and O–H groups in total. The van der Waals surface area contributed by atoms with E-state index in [0.29, 0.717) is 41.4 Å². The fraction of sp³-hybridized carbons (Fsp3) is 0.800. The van der Waals surface area contributed by atoms with E-state index in [-0.39, 0.29) is 17.3 Å². The molecule has 9 atom stereocenters. The van der Waals surface area contributed by atoms with Gasteiger partial charge in [-0.2, -0.15) is 0 Å². The van der Waals surface area contributed by atoms with Crippen molar-refractivity contribution in [2.75, 3.05) is 0 Å². The quantitative estimate of drug-likeness (QED) is 0.496. The van der Waals surface area contributed by atoms with Crippen molar-refractivity contribution >= 4 is 5.97 Å². The van der Waals surface area contributed by atoms with Crippen LogP contribution in [0.15, 0.2) is 23.8 Å². The SMILES string of the molecule is C=C(C)C1CCC2(C)CCC3(C)CC4C(C)CC5(O)OC(=O)/C(=C/CC3C12)C45. The summed E-state index contributed by atoms with van der Waals surface area (Å²) in [6.45, 7) is 13.8. The van der Waals surface area contributed by atoms with Crippen LogP contribution in [0.4, 0.5) is 0 Å². The highest BCUT2D eigenvalue weighted by molar-refractivity contribution is 5.92. The maximum Gasteiger partial charge on any atom is 0.336 e. The number of carbonyl (C=O) groups excluding carboxylic acids is 1. The molecule has 28 heavy (non-hydrogen) atoms. The molecule has 0 aromatic heterocycles. The van der Waals surface area contributed by atoms with Gasteiger partial charge in [0.1, 0.15) is 0 Å². The zero-order valence-electron chi connectivity index (χ0n) is 18.0. The number of allylic oxidation sites excluding steroid dienone is 2. The van der Waals surface area contributed by atoms with E-state index in [1.807, 2.05) is 0 Å². The van der Waals surface area contributed by atoms with Crippen LogP contribution in [0.2, 0.25) is 0 Å². The zero-order valence-corrected chi connectivity index (χ0v) is 18.0. The Morgan fingerprint density at radius 2 is 1.93 bits per heavy atom. The van der Waals surface area contributed by atoms with Crippen LogP contribution in [0.1, 0.15) is 72.6 Å². The third-order valence-electron chi connectivity index (χ3n) is 9.89. The van der Waals surface area contributed by atoms with Gasteiger partial charge in [0.05, 0.1) is 5.92 Å². The number of rotatable bonds is 1. The van der Waals surface area contributed by atoms with Crippen molar-refractivity contribution < 1.29 is 14.6 Å². The molecule has 9 unspecified atom stereocenters. The highest BCUT2D eigenvalue weighted by atomic mass is 16.7. The van der Waals surface area contributed by atoms with Gasteiger partial charge in [0, 0.05) is 12.0 Å². The lowest BCUT2D eigenvalue weighted by atomic mass is 9.49.